The third-order valence-electron chi connectivity index (χ3n) is 4.11. The molecule has 0 atom stereocenters. The highest BCUT2D eigenvalue weighted by Gasteiger charge is 2.16. The number of thioether (sulfide) groups is 1. The fourth-order valence-corrected chi connectivity index (χ4v) is 3.78. The molecule has 4 nitrogen and oxygen atoms in total. The van der Waals surface area contributed by atoms with Crippen LogP contribution in [0.15, 0.2) is 66.1 Å². The molecule has 26 heavy (non-hydrogen) atoms. The highest BCUT2D eigenvalue weighted by Crippen LogP contribution is 2.30. The molecule has 0 bridgehead atoms. The third-order valence-corrected chi connectivity index (χ3v) is 5.05. The van der Waals surface area contributed by atoms with E-state index in [1.165, 1.54) is 29.7 Å². The number of aromatic nitrogens is 4. The minimum Gasteiger partial charge on any atom is -0.287 e. The summed E-state index contributed by atoms with van der Waals surface area (Å²) in [6.45, 7) is -0.556. The Labute approximate surface area is 153 Å². The Morgan fingerprint density at radius 2 is 1.85 bits per heavy atom. The zero-order valence-electron chi connectivity index (χ0n) is 14.0. The first-order valence-corrected chi connectivity index (χ1v) is 9.09. The molecule has 0 fully saturated rings. The van der Waals surface area contributed by atoms with Crippen LogP contribution in [0, 0.1) is 6.92 Å². The van der Waals surface area contributed by atoms with E-state index < -0.39 is 6.55 Å². The van der Waals surface area contributed by atoms with Crippen LogP contribution in [0.1, 0.15) is 17.9 Å². The van der Waals surface area contributed by atoms with Gasteiger partial charge in [0.25, 0.3) is 0 Å². The summed E-state index contributed by atoms with van der Waals surface area (Å²) in [6, 6.07) is 16.0. The van der Waals surface area contributed by atoms with E-state index >= 15 is 0 Å². The predicted molar refractivity (Wildman–Crippen MR) is 98.8 cm³/mol. The standard InChI is InChI=1S/C19H16F2N4S/c1-13-6-8-14(9-7-13)25-16-5-3-2-4-15(16)23-19(25)26-12-17-22-10-11-24(17)18(20)21/h2-11,18H,12H2,1H3. The lowest BCUT2D eigenvalue weighted by Crippen LogP contribution is -2.03. The smallest absolute Gasteiger partial charge is 0.287 e. The molecular formula is C19H16F2N4S. The molecule has 0 saturated carbocycles. The van der Waals surface area contributed by atoms with E-state index in [2.05, 4.69) is 14.5 Å². The molecule has 2 aromatic carbocycles. The number of alkyl halides is 2. The number of imidazole rings is 2. The number of nitrogens with zero attached hydrogens (tertiary/aromatic N) is 4. The lowest BCUT2D eigenvalue weighted by molar-refractivity contribution is 0.0678. The summed E-state index contributed by atoms with van der Waals surface area (Å²) in [5.74, 6) is 0.638. The molecule has 7 heteroatoms. The van der Waals surface area contributed by atoms with E-state index in [1.54, 1.807) is 0 Å². The second kappa shape index (κ2) is 6.92. The highest BCUT2D eigenvalue weighted by molar-refractivity contribution is 7.98. The Morgan fingerprint density at radius 3 is 2.62 bits per heavy atom. The van der Waals surface area contributed by atoms with Gasteiger partial charge in [-0.3, -0.25) is 9.13 Å². The number of rotatable bonds is 5. The molecule has 0 amide bonds. The molecule has 4 aromatic rings. The van der Waals surface area contributed by atoms with Crippen LogP contribution in [0.2, 0.25) is 0 Å². The molecule has 2 aromatic heterocycles. The molecule has 132 valence electrons. The van der Waals surface area contributed by atoms with Crippen molar-refractivity contribution in [3.05, 3.63) is 72.3 Å². The van der Waals surface area contributed by atoms with Crippen molar-refractivity contribution in [3.8, 4) is 5.69 Å². The van der Waals surface area contributed by atoms with Gasteiger partial charge in [-0.1, -0.05) is 41.6 Å². The molecule has 0 N–H and O–H groups in total. The average molecular weight is 370 g/mol. The van der Waals surface area contributed by atoms with Crippen LogP contribution in [-0.2, 0) is 5.75 Å². The molecule has 2 heterocycles. The molecule has 0 saturated heterocycles. The van der Waals surface area contributed by atoms with Crippen molar-refractivity contribution in [2.45, 2.75) is 24.4 Å². The van der Waals surface area contributed by atoms with E-state index in [9.17, 15) is 8.78 Å². The zero-order valence-corrected chi connectivity index (χ0v) is 14.8. The van der Waals surface area contributed by atoms with Gasteiger partial charge in [-0.05, 0) is 31.2 Å². The van der Waals surface area contributed by atoms with Gasteiger partial charge in [-0.2, -0.15) is 8.78 Å². The van der Waals surface area contributed by atoms with Gasteiger partial charge >= 0.3 is 6.55 Å². The summed E-state index contributed by atoms with van der Waals surface area (Å²) in [4.78, 5) is 8.73. The molecule has 0 unspecified atom stereocenters. The monoisotopic (exact) mass is 370 g/mol. The zero-order chi connectivity index (χ0) is 18.1. The van der Waals surface area contributed by atoms with Crippen LogP contribution in [0.3, 0.4) is 0 Å². The second-order valence-electron chi connectivity index (χ2n) is 5.87. The van der Waals surface area contributed by atoms with Gasteiger partial charge in [0.2, 0.25) is 0 Å². The quantitative estimate of drug-likeness (QED) is 0.452. The lowest BCUT2D eigenvalue weighted by Gasteiger charge is -2.10. The van der Waals surface area contributed by atoms with E-state index in [0.717, 1.165) is 26.4 Å². The lowest BCUT2D eigenvalue weighted by atomic mass is 10.2. The molecule has 0 aliphatic carbocycles. The van der Waals surface area contributed by atoms with Gasteiger partial charge < -0.3 is 0 Å². The number of halogens is 2. The van der Waals surface area contributed by atoms with E-state index in [1.807, 2.05) is 55.5 Å². The van der Waals surface area contributed by atoms with Crippen molar-refractivity contribution >= 4 is 22.8 Å². The maximum absolute atomic E-state index is 13.0. The van der Waals surface area contributed by atoms with Crippen molar-refractivity contribution in [3.63, 3.8) is 0 Å². The number of fused-ring (bicyclic) bond motifs is 1. The Bertz CT molecular complexity index is 1040. The Balaban J connectivity index is 1.73. The molecule has 0 radical (unpaired) electrons. The molecule has 0 aliphatic heterocycles. The van der Waals surface area contributed by atoms with Gasteiger partial charge in [0, 0.05) is 18.1 Å². The summed E-state index contributed by atoms with van der Waals surface area (Å²) in [5.41, 5.74) is 4.01. The van der Waals surface area contributed by atoms with Crippen LogP contribution in [-0.4, -0.2) is 19.1 Å². The minimum absolute atomic E-state index is 0.312. The van der Waals surface area contributed by atoms with Crippen molar-refractivity contribution in [1.29, 1.82) is 0 Å². The summed E-state index contributed by atoms with van der Waals surface area (Å²) >= 11 is 1.40. The van der Waals surface area contributed by atoms with Gasteiger partial charge in [-0.25, -0.2) is 9.97 Å². The molecule has 4 rings (SSSR count). The van der Waals surface area contributed by atoms with E-state index in [-0.39, 0.29) is 0 Å². The van der Waals surface area contributed by atoms with Crippen molar-refractivity contribution in [1.82, 2.24) is 19.1 Å². The summed E-state index contributed by atoms with van der Waals surface area (Å²) in [7, 11) is 0. The highest BCUT2D eigenvalue weighted by atomic mass is 32.2. The SMILES string of the molecule is Cc1ccc(-n2c(SCc3nccn3C(F)F)nc3ccccc32)cc1. The van der Waals surface area contributed by atoms with E-state index in [4.69, 9.17) is 0 Å². The van der Waals surface area contributed by atoms with Crippen LogP contribution in [0.5, 0.6) is 0 Å². The fraction of sp³-hybridized carbons (Fsp3) is 0.158. The maximum atomic E-state index is 13.0. The van der Waals surface area contributed by atoms with E-state index in [0.29, 0.717) is 11.6 Å². The van der Waals surface area contributed by atoms with Crippen molar-refractivity contribution < 1.29 is 8.78 Å². The van der Waals surface area contributed by atoms with Crippen LogP contribution < -0.4 is 0 Å². The normalized spacial score (nSPS) is 11.5. The number of para-hydroxylation sites is 2. The largest absolute Gasteiger partial charge is 0.319 e. The average Bonchev–Trinajstić information content (AvgIpc) is 3.25. The molecule has 0 spiro atoms. The second-order valence-corrected chi connectivity index (χ2v) is 6.81. The number of hydrogen-bond acceptors (Lipinski definition) is 3. The van der Waals surface area contributed by atoms with Crippen LogP contribution >= 0.6 is 11.8 Å². The van der Waals surface area contributed by atoms with Gasteiger partial charge in [-0.15, -0.1) is 0 Å². The maximum Gasteiger partial charge on any atom is 0.319 e. The Morgan fingerprint density at radius 1 is 1.08 bits per heavy atom. The summed E-state index contributed by atoms with van der Waals surface area (Å²) in [5, 5.41) is 0.749. The first-order chi connectivity index (χ1) is 12.6. The van der Waals surface area contributed by atoms with Gasteiger partial charge in [0.15, 0.2) is 5.16 Å². The van der Waals surface area contributed by atoms with Crippen molar-refractivity contribution in [2.24, 2.45) is 0 Å². The summed E-state index contributed by atoms with van der Waals surface area (Å²) in [6.07, 6.45) is 2.69. The Kier molecular flexibility index (Phi) is 4.46. The number of aryl methyl sites for hydroxylation is 1. The molecule has 0 aliphatic rings. The van der Waals surface area contributed by atoms with Crippen molar-refractivity contribution in [2.75, 3.05) is 0 Å². The first kappa shape index (κ1) is 16.8. The van der Waals surface area contributed by atoms with Gasteiger partial charge in [0.05, 0.1) is 16.8 Å². The molecular weight excluding hydrogens is 354 g/mol. The van der Waals surface area contributed by atoms with Crippen LogP contribution in [0.4, 0.5) is 8.78 Å². The fourth-order valence-electron chi connectivity index (χ4n) is 2.81. The van der Waals surface area contributed by atoms with Gasteiger partial charge in [0.1, 0.15) is 5.82 Å². The third kappa shape index (κ3) is 3.10. The summed E-state index contributed by atoms with van der Waals surface area (Å²) < 4.78 is 29.0. The number of benzene rings is 2. The minimum atomic E-state index is -2.59. The van der Waals surface area contributed by atoms with Crippen LogP contribution in [0.25, 0.3) is 16.7 Å². The first-order valence-electron chi connectivity index (χ1n) is 8.10. The Hall–Kier alpha value is -2.67. The number of hydrogen-bond donors (Lipinski definition) is 0. The topological polar surface area (TPSA) is 35.6 Å². The predicted octanol–water partition coefficient (Wildman–Crippen LogP) is 5.22.